The number of nitrogens with one attached hydrogen (secondary N) is 1. The van der Waals surface area contributed by atoms with E-state index in [1.165, 1.54) is 0 Å². The van der Waals surface area contributed by atoms with Gasteiger partial charge in [-0.2, -0.15) is 0 Å². The highest BCUT2D eigenvalue weighted by molar-refractivity contribution is 7.98. The van der Waals surface area contributed by atoms with E-state index in [1.807, 2.05) is 59.7 Å². The molecule has 1 fully saturated rings. The zero-order valence-corrected chi connectivity index (χ0v) is 18.7. The molecule has 0 spiro atoms. The Hall–Kier alpha value is -2.80. The Bertz CT molecular complexity index is 1010. The summed E-state index contributed by atoms with van der Waals surface area (Å²) in [5.41, 5.74) is 1.85. The van der Waals surface area contributed by atoms with Crippen molar-refractivity contribution in [3.05, 3.63) is 59.7 Å². The third-order valence-electron chi connectivity index (χ3n) is 6.38. The minimum absolute atomic E-state index is 0.0240. The molecule has 1 N–H and O–H groups in total. The van der Waals surface area contributed by atoms with Crippen molar-refractivity contribution in [2.75, 3.05) is 24.7 Å². The lowest BCUT2D eigenvalue weighted by Crippen LogP contribution is -2.57. The molecule has 3 amide bonds. The van der Waals surface area contributed by atoms with Crippen LogP contribution in [0.3, 0.4) is 0 Å². The van der Waals surface area contributed by atoms with Gasteiger partial charge in [0.05, 0.1) is 12.0 Å². The van der Waals surface area contributed by atoms with Gasteiger partial charge in [0.15, 0.2) is 0 Å². The molecule has 2 aromatic rings. The molecular weight excluding hydrogens is 410 g/mol. The average Bonchev–Trinajstić information content (AvgIpc) is 3.11. The number of carbonyl (C=O) groups excluding carboxylic acids is 3. The SMILES string of the molecule is CSc1cccc(NC(=O)CC2(N3Cc4ccccc4C3=O)CCN(C(C)=O)CC2)c1. The molecule has 7 heteroatoms. The van der Waals surface area contributed by atoms with Crippen LogP contribution >= 0.6 is 11.8 Å². The Balaban J connectivity index is 1.57. The van der Waals surface area contributed by atoms with Crippen molar-refractivity contribution in [3.8, 4) is 0 Å². The lowest BCUT2D eigenvalue weighted by Gasteiger charge is -2.47. The van der Waals surface area contributed by atoms with Crippen molar-refractivity contribution in [3.63, 3.8) is 0 Å². The summed E-state index contributed by atoms with van der Waals surface area (Å²) in [6.45, 7) is 3.16. The van der Waals surface area contributed by atoms with Crippen LogP contribution in [0, 0.1) is 0 Å². The zero-order chi connectivity index (χ0) is 22.0. The minimum Gasteiger partial charge on any atom is -0.343 e. The van der Waals surface area contributed by atoms with Crippen molar-refractivity contribution in [1.82, 2.24) is 9.80 Å². The molecule has 0 radical (unpaired) electrons. The van der Waals surface area contributed by atoms with Gasteiger partial charge in [0.25, 0.3) is 5.91 Å². The molecule has 2 heterocycles. The Labute approximate surface area is 187 Å². The maximum Gasteiger partial charge on any atom is 0.254 e. The van der Waals surface area contributed by atoms with Gasteiger partial charge in [-0.05, 0) is 48.9 Å². The third-order valence-corrected chi connectivity index (χ3v) is 7.10. The van der Waals surface area contributed by atoms with Crippen LogP contribution in [0.5, 0.6) is 0 Å². The molecule has 31 heavy (non-hydrogen) atoms. The average molecular weight is 438 g/mol. The molecule has 0 unspecified atom stereocenters. The lowest BCUT2D eigenvalue weighted by molar-refractivity contribution is -0.131. The first-order valence-corrected chi connectivity index (χ1v) is 11.7. The van der Waals surface area contributed by atoms with Gasteiger partial charge in [-0.25, -0.2) is 0 Å². The summed E-state index contributed by atoms with van der Waals surface area (Å²) in [5, 5.41) is 3.01. The number of fused-ring (bicyclic) bond motifs is 1. The summed E-state index contributed by atoms with van der Waals surface area (Å²) in [4.78, 5) is 43.0. The van der Waals surface area contributed by atoms with Gasteiger partial charge in [0.1, 0.15) is 0 Å². The van der Waals surface area contributed by atoms with Crippen LogP contribution in [-0.4, -0.2) is 52.4 Å². The Morgan fingerprint density at radius 2 is 1.84 bits per heavy atom. The molecule has 0 atom stereocenters. The predicted octanol–water partition coefficient (Wildman–Crippen LogP) is 3.77. The summed E-state index contributed by atoms with van der Waals surface area (Å²) in [5.74, 6) is -0.106. The number of benzene rings is 2. The number of hydrogen-bond donors (Lipinski definition) is 1. The summed E-state index contributed by atoms with van der Waals surface area (Å²) < 4.78 is 0. The second-order valence-electron chi connectivity index (χ2n) is 8.24. The number of rotatable bonds is 5. The first-order chi connectivity index (χ1) is 14.9. The highest BCUT2D eigenvalue weighted by atomic mass is 32.2. The predicted molar refractivity (Wildman–Crippen MR) is 122 cm³/mol. The molecule has 0 saturated carbocycles. The van der Waals surface area contributed by atoms with Crippen molar-refractivity contribution in [2.45, 2.75) is 43.2 Å². The number of thioether (sulfide) groups is 1. The molecule has 0 aromatic heterocycles. The van der Waals surface area contributed by atoms with E-state index in [2.05, 4.69) is 5.32 Å². The molecule has 2 aliphatic rings. The monoisotopic (exact) mass is 437 g/mol. The lowest BCUT2D eigenvalue weighted by atomic mass is 9.82. The molecular formula is C24H27N3O3S. The number of piperidine rings is 1. The van der Waals surface area contributed by atoms with Crippen LogP contribution < -0.4 is 5.32 Å². The maximum absolute atomic E-state index is 13.3. The highest BCUT2D eigenvalue weighted by Gasteiger charge is 2.47. The van der Waals surface area contributed by atoms with Crippen LogP contribution in [-0.2, 0) is 16.1 Å². The Morgan fingerprint density at radius 1 is 1.10 bits per heavy atom. The van der Waals surface area contributed by atoms with Gasteiger partial charge in [-0.1, -0.05) is 24.3 Å². The van der Waals surface area contributed by atoms with Gasteiger partial charge < -0.3 is 15.1 Å². The fourth-order valence-corrected chi connectivity index (χ4v) is 5.08. The van der Waals surface area contributed by atoms with Gasteiger partial charge in [-0.3, -0.25) is 14.4 Å². The van der Waals surface area contributed by atoms with Gasteiger partial charge in [0, 0.05) is 42.7 Å². The van der Waals surface area contributed by atoms with E-state index in [4.69, 9.17) is 0 Å². The van der Waals surface area contributed by atoms with E-state index in [-0.39, 0.29) is 24.1 Å². The zero-order valence-electron chi connectivity index (χ0n) is 17.9. The van der Waals surface area contributed by atoms with Crippen LogP contribution in [0.15, 0.2) is 53.4 Å². The quantitative estimate of drug-likeness (QED) is 0.723. The minimum atomic E-state index is -0.608. The van der Waals surface area contributed by atoms with Crippen molar-refractivity contribution in [1.29, 1.82) is 0 Å². The van der Waals surface area contributed by atoms with E-state index in [0.29, 0.717) is 38.0 Å². The van der Waals surface area contributed by atoms with Crippen LogP contribution in [0.25, 0.3) is 0 Å². The largest absolute Gasteiger partial charge is 0.343 e. The summed E-state index contributed by atoms with van der Waals surface area (Å²) in [7, 11) is 0. The van der Waals surface area contributed by atoms with Crippen molar-refractivity contribution >= 4 is 35.2 Å². The van der Waals surface area contributed by atoms with E-state index < -0.39 is 5.54 Å². The first kappa shape index (κ1) is 21.4. The van der Waals surface area contributed by atoms with Crippen molar-refractivity contribution < 1.29 is 14.4 Å². The number of likely N-dealkylation sites (tertiary alicyclic amines) is 1. The molecule has 1 saturated heterocycles. The smallest absolute Gasteiger partial charge is 0.254 e. The van der Waals surface area contributed by atoms with E-state index >= 15 is 0 Å². The Kier molecular flexibility index (Phi) is 6.05. The van der Waals surface area contributed by atoms with Gasteiger partial charge in [0.2, 0.25) is 11.8 Å². The second kappa shape index (κ2) is 8.75. The summed E-state index contributed by atoms with van der Waals surface area (Å²) >= 11 is 1.62. The Morgan fingerprint density at radius 3 is 2.52 bits per heavy atom. The summed E-state index contributed by atoms with van der Waals surface area (Å²) in [6, 6.07) is 15.4. The third kappa shape index (κ3) is 4.32. The first-order valence-electron chi connectivity index (χ1n) is 10.5. The number of carbonyl (C=O) groups is 3. The molecule has 162 valence electrons. The topological polar surface area (TPSA) is 69.7 Å². The maximum atomic E-state index is 13.3. The molecule has 6 nitrogen and oxygen atoms in total. The normalized spacial score (nSPS) is 17.4. The molecule has 2 aliphatic heterocycles. The molecule has 0 bridgehead atoms. The fraction of sp³-hybridized carbons (Fsp3) is 0.375. The van der Waals surface area contributed by atoms with Crippen LogP contribution in [0.4, 0.5) is 5.69 Å². The molecule has 4 rings (SSSR count). The van der Waals surface area contributed by atoms with E-state index in [0.717, 1.165) is 16.1 Å². The van der Waals surface area contributed by atoms with Crippen molar-refractivity contribution in [2.24, 2.45) is 0 Å². The molecule has 2 aromatic carbocycles. The van der Waals surface area contributed by atoms with Crippen LogP contribution in [0.1, 0.15) is 42.1 Å². The second-order valence-corrected chi connectivity index (χ2v) is 9.12. The number of hydrogen-bond acceptors (Lipinski definition) is 4. The van der Waals surface area contributed by atoms with Gasteiger partial charge >= 0.3 is 0 Å². The van der Waals surface area contributed by atoms with Crippen LogP contribution in [0.2, 0.25) is 0 Å². The van der Waals surface area contributed by atoms with E-state index in [9.17, 15) is 14.4 Å². The highest BCUT2D eigenvalue weighted by Crippen LogP contribution is 2.39. The standard InChI is InChI=1S/C24H27N3O3S/c1-17(28)26-12-10-24(11-13-26,27-16-18-6-3-4-9-21(18)23(27)30)15-22(29)25-19-7-5-8-20(14-19)31-2/h3-9,14H,10-13,15-16H2,1-2H3,(H,25,29). The van der Waals surface area contributed by atoms with Gasteiger partial charge in [-0.15, -0.1) is 11.8 Å². The number of anilines is 1. The number of amides is 3. The fourth-order valence-electron chi connectivity index (χ4n) is 4.62. The number of nitrogens with zero attached hydrogens (tertiary/aromatic N) is 2. The van der Waals surface area contributed by atoms with E-state index in [1.54, 1.807) is 23.6 Å². The molecule has 0 aliphatic carbocycles. The summed E-state index contributed by atoms with van der Waals surface area (Å²) in [6.07, 6.45) is 3.38.